The van der Waals surface area contributed by atoms with E-state index in [1.165, 1.54) is 14.2 Å². The van der Waals surface area contributed by atoms with Crippen molar-refractivity contribution in [3.8, 4) is 11.5 Å². The van der Waals surface area contributed by atoms with Gasteiger partial charge in [0, 0.05) is 20.2 Å². The molecule has 0 spiro atoms. The molecule has 202 valence electrons. The molecule has 1 aliphatic heterocycles. The van der Waals surface area contributed by atoms with E-state index in [1.54, 1.807) is 23.1 Å². The number of carbonyl (C=O) groups excluding carboxylic acids is 2. The van der Waals surface area contributed by atoms with E-state index < -0.39 is 17.7 Å². The van der Waals surface area contributed by atoms with Crippen molar-refractivity contribution in [2.24, 2.45) is 0 Å². The van der Waals surface area contributed by atoms with Crippen LogP contribution in [0.25, 0.3) is 0 Å². The van der Waals surface area contributed by atoms with Gasteiger partial charge in [-0.25, -0.2) is 4.79 Å². The van der Waals surface area contributed by atoms with Gasteiger partial charge >= 0.3 is 6.09 Å². The van der Waals surface area contributed by atoms with Crippen LogP contribution in [-0.2, 0) is 20.8 Å². The molecule has 0 saturated carbocycles. The van der Waals surface area contributed by atoms with Crippen molar-refractivity contribution in [1.82, 2.24) is 10.2 Å². The van der Waals surface area contributed by atoms with E-state index in [-0.39, 0.29) is 25.3 Å². The average Bonchev–Trinajstić information content (AvgIpc) is 3.08. The van der Waals surface area contributed by atoms with E-state index in [0.29, 0.717) is 43.1 Å². The summed E-state index contributed by atoms with van der Waals surface area (Å²) in [7, 11) is 3.04. The van der Waals surface area contributed by atoms with Gasteiger partial charge in [0.05, 0.1) is 31.4 Å². The van der Waals surface area contributed by atoms with Crippen LogP contribution < -0.4 is 14.8 Å². The van der Waals surface area contributed by atoms with Crippen LogP contribution in [0.15, 0.2) is 48.5 Å². The van der Waals surface area contributed by atoms with Gasteiger partial charge in [0.1, 0.15) is 17.1 Å². The van der Waals surface area contributed by atoms with Gasteiger partial charge in [-0.2, -0.15) is 0 Å². The fourth-order valence-corrected chi connectivity index (χ4v) is 4.05. The quantitative estimate of drug-likeness (QED) is 0.496. The standard InChI is InChI=1S/C28H38N2O7/c1-28(2,3)37-27(32)30-15-9-12-25(35-18-20-10-7-6-8-11-20)23(17-30)29-26(31)22-16-21(34-5)13-14-24(22)36-19-33-4/h6-8,10-11,13-14,16,23,25H,9,12,15,17-19H2,1-5H3,(H,29,31)/t23-,25-/m1/s1. The van der Waals surface area contributed by atoms with Crippen molar-refractivity contribution in [2.45, 2.75) is 58.0 Å². The first-order chi connectivity index (χ1) is 17.7. The third kappa shape index (κ3) is 8.65. The predicted molar refractivity (Wildman–Crippen MR) is 139 cm³/mol. The van der Waals surface area contributed by atoms with Crippen LogP contribution in [0.3, 0.4) is 0 Å². The molecule has 37 heavy (non-hydrogen) atoms. The molecule has 9 heteroatoms. The van der Waals surface area contributed by atoms with Crippen molar-refractivity contribution < 1.29 is 33.3 Å². The van der Waals surface area contributed by atoms with Crippen LogP contribution >= 0.6 is 0 Å². The number of nitrogens with zero attached hydrogens (tertiary/aromatic N) is 1. The van der Waals surface area contributed by atoms with Crippen molar-refractivity contribution >= 4 is 12.0 Å². The predicted octanol–water partition coefficient (Wildman–Crippen LogP) is 4.39. The van der Waals surface area contributed by atoms with Crippen molar-refractivity contribution in [1.29, 1.82) is 0 Å². The Morgan fingerprint density at radius 3 is 2.51 bits per heavy atom. The maximum atomic E-state index is 13.5. The Morgan fingerprint density at radius 2 is 1.84 bits per heavy atom. The molecular formula is C28H38N2O7. The van der Waals surface area contributed by atoms with Gasteiger partial charge in [-0.05, 0) is 57.4 Å². The Balaban J connectivity index is 1.83. The molecule has 0 bridgehead atoms. The molecule has 1 fully saturated rings. The van der Waals surface area contributed by atoms with Gasteiger partial charge in [0.15, 0.2) is 6.79 Å². The van der Waals surface area contributed by atoms with Crippen molar-refractivity contribution in [3.63, 3.8) is 0 Å². The van der Waals surface area contributed by atoms with Gasteiger partial charge in [-0.1, -0.05) is 30.3 Å². The topological polar surface area (TPSA) is 95.6 Å². The Hall–Kier alpha value is -3.30. The molecule has 0 aliphatic carbocycles. The van der Waals surface area contributed by atoms with E-state index in [2.05, 4.69) is 5.32 Å². The van der Waals surface area contributed by atoms with E-state index in [0.717, 1.165) is 5.56 Å². The lowest BCUT2D eigenvalue weighted by atomic mass is 10.1. The molecular weight excluding hydrogens is 476 g/mol. The second-order valence-electron chi connectivity index (χ2n) is 9.90. The summed E-state index contributed by atoms with van der Waals surface area (Å²) in [5.41, 5.74) is 0.703. The van der Waals surface area contributed by atoms with E-state index >= 15 is 0 Å². The van der Waals surface area contributed by atoms with E-state index in [4.69, 9.17) is 23.7 Å². The molecule has 2 aromatic rings. The highest BCUT2D eigenvalue weighted by atomic mass is 16.7. The van der Waals surface area contributed by atoms with Crippen molar-refractivity contribution in [2.75, 3.05) is 34.1 Å². The summed E-state index contributed by atoms with van der Waals surface area (Å²) in [5.74, 6) is 0.511. The monoisotopic (exact) mass is 514 g/mol. The molecule has 1 N–H and O–H groups in total. The first kappa shape index (κ1) is 28.3. The summed E-state index contributed by atoms with van der Waals surface area (Å²) >= 11 is 0. The highest BCUT2D eigenvalue weighted by Gasteiger charge is 2.33. The average molecular weight is 515 g/mol. The lowest BCUT2D eigenvalue weighted by Gasteiger charge is -2.31. The Bertz CT molecular complexity index is 1020. The van der Waals surface area contributed by atoms with E-state index in [9.17, 15) is 9.59 Å². The Labute approximate surface area is 219 Å². The SMILES string of the molecule is COCOc1ccc(OC)cc1C(=O)N[C@@H]1CN(C(=O)OC(C)(C)C)CCC[C@H]1OCc1ccccc1. The Kier molecular flexibility index (Phi) is 10.2. The second kappa shape index (κ2) is 13.3. The fourth-order valence-electron chi connectivity index (χ4n) is 4.05. The zero-order valence-electron chi connectivity index (χ0n) is 22.3. The smallest absolute Gasteiger partial charge is 0.410 e. The minimum Gasteiger partial charge on any atom is -0.497 e. The highest BCUT2D eigenvalue weighted by Crippen LogP contribution is 2.26. The number of hydrogen-bond acceptors (Lipinski definition) is 7. The van der Waals surface area contributed by atoms with Gasteiger partial charge in [0.25, 0.3) is 5.91 Å². The zero-order valence-corrected chi connectivity index (χ0v) is 22.3. The molecule has 1 heterocycles. The first-order valence-electron chi connectivity index (χ1n) is 12.4. The zero-order chi connectivity index (χ0) is 26.8. The largest absolute Gasteiger partial charge is 0.497 e. The molecule has 2 atom stereocenters. The number of methoxy groups -OCH3 is 2. The summed E-state index contributed by atoms with van der Waals surface area (Å²) in [6.45, 7) is 6.64. The normalized spacial score (nSPS) is 18.0. The number of rotatable bonds is 9. The molecule has 0 unspecified atom stereocenters. The highest BCUT2D eigenvalue weighted by molar-refractivity contribution is 5.97. The molecule has 1 aliphatic rings. The Morgan fingerprint density at radius 1 is 1.08 bits per heavy atom. The van der Waals surface area contributed by atoms with Gasteiger partial charge in [-0.15, -0.1) is 0 Å². The molecule has 0 aromatic heterocycles. The summed E-state index contributed by atoms with van der Waals surface area (Å²) in [5, 5.41) is 3.09. The number of hydrogen-bond donors (Lipinski definition) is 1. The van der Waals surface area contributed by atoms with E-state index in [1.807, 2.05) is 51.1 Å². The minimum absolute atomic E-state index is 0.00866. The first-order valence-corrected chi connectivity index (χ1v) is 12.4. The van der Waals surface area contributed by atoms with Crippen LogP contribution in [0.2, 0.25) is 0 Å². The van der Waals surface area contributed by atoms with Gasteiger partial charge in [-0.3, -0.25) is 4.79 Å². The van der Waals surface area contributed by atoms with Gasteiger partial charge in [0.2, 0.25) is 0 Å². The number of ether oxygens (including phenoxy) is 5. The number of carbonyl (C=O) groups is 2. The molecule has 3 rings (SSSR count). The number of benzene rings is 2. The third-order valence-electron chi connectivity index (χ3n) is 5.82. The molecule has 2 amide bonds. The number of amides is 2. The maximum absolute atomic E-state index is 13.5. The van der Waals surface area contributed by atoms with Crippen LogP contribution in [0.4, 0.5) is 4.79 Å². The fraction of sp³-hybridized carbons (Fsp3) is 0.500. The second-order valence-corrected chi connectivity index (χ2v) is 9.90. The van der Waals surface area contributed by atoms with Crippen molar-refractivity contribution in [3.05, 3.63) is 59.7 Å². The lowest BCUT2D eigenvalue weighted by Crippen LogP contribution is -2.51. The maximum Gasteiger partial charge on any atom is 0.410 e. The molecule has 2 aromatic carbocycles. The summed E-state index contributed by atoms with van der Waals surface area (Å²) in [4.78, 5) is 28.1. The lowest BCUT2D eigenvalue weighted by molar-refractivity contribution is 0.00407. The van der Waals surface area contributed by atoms with Gasteiger partial charge < -0.3 is 33.9 Å². The third-order valence-corrected chi connectivity index (χ3v) is 5.82. The number of likely N-dealkylation sites (tertiary alicyclic amines) is 1. The summed E-state index contributed by atoms with van der Waals surface area (Å²) in [6.07, 6.45) is 0.653. The number of nitrogens with one attached hydrogen (secondary N) is 1. The summed E-state index contributed by atoms with van der Waals surface area (Å²) < 4.78 is 27.9. The molecule has 0 radical (unpaired) electrons. The van der Waals surface area contributed by atoms with Crippen LogP contribution in [-0.4, -0.2) is 68.7 Å². The molecule has 1 saturated heterocycles. The molecule has 9 nitrogen and oxygen atoms in total. The summed E-state index contributed by atoms with van der Waals surface area (Å²) in [6, 6.07) is 14.4. The van der Waals surface area contributed by atoms with Crippen LogP contribution in [0.1, 0.15) is 49.5 Å². The van der Waals surface area contributed by atoms with Crippen LogP contribution in [0.5, 0.6) is 11.5 Å². The minimum atomic E-state index is -0.625. The van der Waals surface area contributed by atoms with Crippen LogP contribution in [0, 0.1) is 0 Å².